The van der Waals surface area contributed by atoms with Gasteiger partial charge >= 0.3 is 32.1 Å². The van der Waals surface area contributed by atoms with Gasteiger partial charge in [0.15, 0.2) is 0 Å². The van der Waals surface area contributed by atoms with E-state index >= 15 is 0 Å². The second kappa shape index (κ2) is 9.66. The number of hydrogen-bond acceptors (Lipinski definition) is 3. The molecule has 0 fully saturated rings. The summed E-state index contributed by atoms with van der Waals surface area (Å²) in [5.74, 6) is 0. The molecule has 3 nitrogen and oxygen atoms in total. The SMILES string of the molecule is OB(O)O.[F][Zn][F]. The van der Waals surface area contributed by atoms with Crippen LogP contribution in [0.2, 0.25) is 0 Å². The average molecular weight is 165 g/mol. The first kappa shape index (κ1) is 10.4. The molecule has 7 heteroatoms. The third-order valence-electron chi connectivity index (χ3n) is 0. The number of rotatable bonds is 0. The summed E-state index contributed by atoms with van der Waals surface area (Å²) < 4.78 is 19.6. The van der Waals surface area contributed by atoms with Crippen LogP contribution in [0.1, 0.15) is 0 Å². The van der Waals surface area contributed by atoms with Gasteiger partial charge in [0.2, 0.25) is 0 Å². The Kier molecular flexibility index (Phi) is 14.4. The topological polar surface area (TPSA) is 60.7 Å². The van der Waals surface area contributed by atoms with Gasteiger partial charge in [-0.15, -0.1) is 0 Å². The van der Waals surface area contributed by atoms with Crippen molar-refractivity contribution in [1.82, 2.24) is 0 Å². The van der Waals surface area contributed by atoms with Gasteiger partial charge < -0.3 is 15.1 Å². The summed E-state index contributed by atoms with van der Waals surface area (Å²) in [7, 11) is -2.17. The average Bonchev–Trinajstić information content (AvgIpc) is 1.33. The molecule has 0 rings (SSSR count). The second-order valence-electron chi connectivity index (χ2n) is 0.447. The zero-order valence-electron chi connectivity index (χ0n) is 3.38. The van der Waals surface area contributed by atoms with Crippen LogP contribution in [0.4, 0.5) is 6.63 Å². The fourth-order valence-corrected chi connectivity index (χ4v) is 0. The van der Waals surface area contributed by atoms with E-state index in [1.165, 1.54) is 0 Å². The van der Waals surface area contributed by atoms with Crippen LogP contribution in [0.5, 0.6) is 0 Å². The summed E-state index contributed by atoms with van der Waals surface area (Å²) in [5.41, 5.74) is 0. The van der Waals surface area contributed by atoms with Crippen molar-refractivity contribution < 1.29 is 39.8 Å². The van der Waals surface area contributed by atoms with Gasteiger partial charge in [-0.25, -0.2) is 0 Å². The molecule has 0 amide bonds. The molecule has 7 heavy (non-hydrogen) atoms. The van der Waals surface area contributed by atoms with E-state index in [0.29, 0.717) is 0 Å². The van der Waals surface area contributed by atoms with Crippen molar-refractivity contribution in [1.29, 1.82) is 0 Å². The van der Waals surface area contributed by atoms with Crippen LogP contribution in [0.3, 0.4) is 0 Å². The Balaban J connectivity index is 0. The Morgan fingerprint density at radius 1 is 1.14 bits per heavy atom. The Morgan fingerprint density at radius 2 is 1.14 bits per heavy atom. The van der Waals surface area contributed by atoms with E-state index in [0.717, 1.165) is 0 Å². The Morgan fingerprint density at radius 3 is 1.14 bits per heavy atom. The van der Waals surface area contributed by atoms with Gasteiger partial charge in [-0.1, -0.05) is 0 Å². The molecule has 0 spiro atoms. The molecule has 0 aliphatic rings. The predicted octanol–water partition coefficient (Wildman–Crippen LogP) is -1.21. The standard InChI is InChI=1S/BH3O3.2FH.Zn/c2-1(3)4;;;/h2-4H;2*1H;/q;;;+2/p-2. The van der Waals surface area contributed by atoms with Gasteiger partial charge in [0.05, 0.1) is 0 Å². The molecule has 0 aliphatic heterocycles. The molecule has 0 radical (unpaired) electrons. The van der Waals surface area contributed by atoms with E-state index in [1.807, 2.05) is 0 Å². The van der Waals surface area contributed by atoms with Gasteiger partial charge in [0, 0.05) is 0 Å². The van der Waals surface area contributed by atoms with E-state index in [-0.39, 0.29) is 0 Å². The van der Waals surface area contributed by atoms with Crippen LogP contribution >= 0.6 is 0 Å². The fourth-order valence-electron chi connectivity index (χ4n) is 0. The van der Waals surface area contributed by atoms with Crippen LogP contribution in [0.25, 0.3) is 0 Å². The summed E-state index contributed by atoms with van der Waals surface area (Å²) in [5, 5.41) is 21.5. The van der Waals surface area contributed by atoms with Crippen LogP contribution < -0.4 is 0 Å². The molecular weight excluding hydrogens is 162 g/mol. The maximum atomic E-state index is 9.81. The maximum absolute atomic E-state index is 9.81. The first-order valence-corrected chi connectivity index (χ1v) is 3.55. The van der Waals surface area contributed by atoms with Crippen LogP contribution in [-0.2, 0) is 18.1 Å². The molecule has 0 aromatic rings. The monoisotopic (exact) mass is 164 g/mol. The Hall–Kier alpha value is 0.428. The summed E-state index contributed by atoms with van der Waals surface area (Å²) in [6, 6.07) is 0. The van der Waals surface area contributed by atoms with Crippen LogP contribution in [-0.4, -0.2) is 22.4 Å². The van der Waals surface area contributed by atoms with Gasteiger partial charge in [-0.3, -0.25) is 0 Å². The minimum atomic E-state index is -2.88. The van der Waals surface area contributed by atoms with Crippen molar-refractivity contribution in [3.8, 4) is 0 Å². The molecule has 0 heterocycles. The van der Waals surface area contributed by atoms with Crippen molar-refractivity contribution in [2.75, 3.05) is 0 Å². The summed E-state index contributed by atoms with van der Waals surface area (Å²) in [4.78, 5) is 0. The molecular formula is H3BF2O3Zn. The van der Waals surface area contributed by atoms with Crippen molar-refractivity contribution in [3.63, 3.8) is 0 Å². The molecule has 0 bridgehead atoms. The summed E-state index contributed by atoms with van der Waals surface area (Å²) in [6.07, 6.45) is 0. The van der Waals surface area contributed by atoms with E-state index in [9.17, 15) is 6.63 Å². The van der Waals surface area contributed by atoms with E-state index < -0.39 is 25.4 Å². The first-order valence-electron chi connectivity index (χ1n) is 1.31. The molecule has 0 aliphatic carbocycles. The molecule has 0 unspecified atom stereocenters. The molecule has 0 aromatic carbocycles. The zero-order valence-corrected chi connectivity index (χ0v) is 6.35. The number of halogens is 2. The van der Waals surface area contributed by atoms with Gasteiger partial charge in [0.1, 0.15) is 0 Å². The Bertz CT molecular complexity index is 24.1. The van der Waals surface area contributed by atoms with Crippen LogP contribution in [0.15, 0.2) is 0 Å². The molecule has 3 N–H and O–H groups in total. The van der Waals surface area contributed by atoms with E-state index in [1.54, 1.807) is 0 Å². The van der Waals surface area contributed by atoms with Crippen LogP contribution in [0, 0.1) is 0 Å². The minimum absolute atomic E-state index is 2.17. The third-order valence-corrected chi connectivity index (χ3v) is 0. The molecule has 40 valence electrons. The molecule has 0 saturated heterocycles. The van der Waals surface area contributed by atoms with Gasteiger partial charge in [0.25, 0.3) is 0 Å². The predicted molar refractivity (Wildman–Crippen MR) is 14.6 cm³/mol. The molecule has 0 aromatic heterocycles. The van der Waals surface area contributed by atoms with Crippen molar-refractivity contribution in [2.45, 2.75) is 0 Å². The van der Waals surface area contributed by atoms with E-state index in [2.05, 4.69) is 0 Å². The van der Waals surface area contributed by atoms with E-state index in [4.69, 9.17) is 15.1 Å². The number of hydrogen-bond donors (Lipinski definition) is 3. The van der Waals surface area contributed by atoms with Gasteiger partial charge in [-0.05, 0) is 0 Å². The summed E-state index contributed by atoms with van der Waals surface area (Å²) >= 11 is -2.88. The molecule has 0 atom stereocenters. The normalized spacial score (nSPS) is 5.29. The second-order valence-corrected chi connectivity index (χ2v) is 0.871. The molecule has 0 saturated carbocycles. The van der Waals surface area contributed by atoms with Gasteiger partial charge in [-0.2, -0.15) is 0 Å². The summed E-state index contributed by atoms with van der Waals surface area (Å²) in [6.45, 7) is 0. The van der Waals surface area contributed by atoms with Crippen molar-refractivity contribution >= 4 is 7.32 Å². The zero-order chi connectivity index (χ0) is 6.28. The quantitative estimate of drug-likeness (QED) is 0.395. The Labute approximate surface area is 47.9 Å². The first-order chi connectivity index (χ1) is 3.15. The van der Waals surface area contributed by atoms with Crippen molar-refractivity contribution in [3.05, 3.63) is 0 Å². The van der Waals surface area contributed by atoms with Crippen molar-refractivity contribution in [2.24, 2.45) is 0 Å². The third kappa shape index (κ3) is 687. The fraction of sp³-hybridized carbons (Fsp3) is 0.